The molecule has 2 aromatic rings. The molecule has 1 N–H and O–H groups in total. The van der Waals surface area contributed by atoms with Gasteiger partial charge in [-0.1, -0.05) is 51.4 Å². The minimum atomic E-state index is -4.54. The molecule has 2 aromatic carbocycles. The monoisotopic (exact) mass is 916 g/mol. The van der Waals surface area contributed by atoms with Gasteiger partial charge in [0.2, 0.25) is 0 Å². The van der Waals surface area contributed by atoms with Crippen LogP contribution < -0.4 is 59.1 Å². The Morgan fingerprint density at radius 3 is 1.15 bits per heavy atom. The van der Waals surface area contributed by atoms with Gasteiger partial charge in [-0.25, -0.2) is 25.3 Å². The van der Waals surface area contributed by atoms with Gasteiger partial charge >= 0.3 is 71.5 Å². The molecule has 0 aromatic heterocycles. The van der Waals surface area contributed by atoms with Gasteiger partial charge in [0.15, 0.2) is 0 Å². The minimum Gasteiger partial charge on any atom is -0.748 e. The van der Waals surface area contributed by atoms with Crippen LogP contribution in [0, 0.1) is 0 Å². The summed E-state index contributed by atoms with van der Waals surface area (Å²) in [6, 6.07) is 6.00. The molecule has 0 bridgehead atoms. The van der Waals surface area contributed by atoms with Crippen molar-refractivity contribution in [1.82, 2.24) is 0 Å². The van der Waals surface area contributed by atoms with Crippen LogP contribution in [0.1, 0.15) is 88.2 Å². The molecule has 2 rings (SSSR count). The Morgan fingerprint density at radius 1 is 0.527 bits per heavy atom. The molecule has 0 saturated carbocycles. The van der Waals surface area contributed by atoms with Gasteiger partial charge in [0.1, 0.15) is 0 Å². The first kappa shape index (κ1) is 59.3. The van der Waals surface area contributed by atoms with Crippen molar-refractivity contribution < 1.29 is 138 Å². The summed E-state index contributed by atoms with van der Waals surface area (Å²) in [5.74, 6) is -0.630. The second-order valence-electron chi connectivity index (χ2n) is 11.2. The normalized spacial score (nSPS) is 12.3. The van der Waals surface area contributed by atoms with E-state index in [0.29, 0.717) is 62.8 Å². The number of halogens is 7. The Morgan fingerprint density at radius 2 is 0.836 bits per heavy atom. The van der Waals surface area contributed by atoms with E-state index in [4.69, 9.17) is 20.0 Å². The number of benzene rings is 2. The number of unbranched alkanes of at least 4 members (excludes halogenated alkanes) is 10. The van der Waals surface area contributed by atoms with E-state index in [1.54, 1.807) is 0 Å². The number of rotatable bonds is 20. The van der Waals surface area contributed by atoms with Crippen LogP contribution in [0.25, 0.3) is 0 Å². The molecule has 0 fully saturated rings. The van der Waals surface area contributed by atoms with E-state index < -0.39 is 62.9 Å². The van der Waals surface area contributed by atoms with Crippen LogP contribution in [0.15, 0.2) is 58.3 Å². The quantitative estimate of drug-likeness (QED) is 0.0489. The molecule has 308 valence electrons. The zero-order valence-electron chi connectivity index (χ0n) is 30.1. The average molecular weight is 917 g/mol. The molecule has 0 atom stereocenters. The Bertz CT molecular complexity index is 1780. The van der Waals surface area contributed by atoms with Crippen molar-refractivity contribution >= 4 is 50.1 Å². The maximum atomic E-state index is 12.4. The Balaban J connectivity index is -0.000000792. The van der Waals surface area contributed by atoms with E-state index in [1.165, 1.54) is 0 Å². The minimum absolute atomic E-state index is 0. The summed E-state index contributed by atoms with van der Waals surface area (Å²) in [5, 5.41) is 8.45. The number of hydrogen-bond acceptors (Lipinski definition) is 12. The molecule has 0 radical (unpaired) electrons. The van der Waals surface area contributed by atoms with Crippen molar-refractivity contribution in [2.24, 2.45) is 0 Å². The number of aliphatic hydroxyl groups excluding tert-OH is 1. The Hall–Kier alpha value is -0.0500. The van der Waals surface area contributed by atoms with Crippen molar-refractivity contribution in [2.75, 3.05) is 24.7 Å². The van der Waals surface area contributed by atoms with Crippen LogP contribution in [0.4, 0.5) is 26.3 Å². The fraction of sp³-hybridized carbons (Fsp3) is 0.600. The molecule has 12 nitrogen and oxygen atoms in total. The summed E-state index contributed by atoms with van der Waals surface area (Å²) in [4.78, 5) is -0.698. The van der Waals surface area contributed by atoms with E-state index >= 15 is 0 Å². The van der Waals surface area contributed by atoms with Gasteiger partial charge < -0.3 is 14.2 Å². The van der Waals surface area contributed by atoms with Crippen molar-refractivity contribution in [2.45, 2.75) is 99.2 Å². The summed E-state index contributed by atoms with van der Waals surface area (Å²) >= 11 is 0. The van der Waals surface area contributed by atoms with E-state index in [1.807, 2.05) is 0 Å². The van der Waals surface area contributed by atoms with Crippen LogP contribution in [0.2, 0.25) is 0 Å². The second-order valence-corrected chi connectivity index (χ2v) is 18.5. The van der Waals surface area contributed by atoms with Crippen LogP contribution in [-0.4, -0.2) is 72.6 Å². The molecule has 0 heterocycles. The van der Waals surface area contributed by atoms with Gasteiger partial charge in [-0.15, -0.1) is 0 Å². The molecule has 0 unspecified atom stereocenters. The Kier molecular flexibility index (Phi) is 30.6. The summed E-state index contributed by atoms with van der Waals surface area (Å²) in [5.41, 5.74) is -1.86. The van der Waals surface area contributed by atoms with E-state index in [-0.39, 0.29) is 93.6 Å². The summed E-state index contributed by atoms with van der Waals surface area (Å²) < 4.78 is 185. The molecular weight excluding hydrogens is 876 g/mol. The molecule has 0 aliphatic heterocycles. The van der Waals surface area contributed by atoms with E-state index in [9.17, 15) is 69.1 Å². The van der Waals surface area contributed by atoms with Gasteiger partial charge in [-0.05, 0) is 74.2 Å². The van der Waals surface area contributed by atoms with Crippen LogP contribution >= 0.6 is 10.7 Å². The molecule has 25 heteroatoms. The number of hydrogen-bond donors (Lipinski definition) is 1. The smallest absolute Gasteiger partial charge is 0.748 e. The summed E-state index contributed by atoms with van der Waals surface area (Å²) in [6.07, 6.45) is -0.657. The average Bonchev–Trinajstić information content (AvgIpc) is 3.02. The first-order valence-electron chi connectivity index (χ1n) is 15.9. The maximum absolute atomic E-state index is 12.4. The van der Waals surface area contributed by atoms with Crippen molar-refractivity contribution in [3.05, 3.63) is 59.7 Å². The molecule has 0 aliphatic rings. The van der Waals surface area contributed by atoms with Crippen LogP contribution in [0.3, 0.4) is 0 Å². The standard InChI is InChI=1S/C15H21F3O6S2.C8H18O4S.C7H4ClF3O2S.2Na/c16-15(17,18)13-7-9-14(10-8-13)26(22,23)24-11-5-3-1-2-4-6-12-25(19,20)21;9-7-5-3-1-2-4-6-8-13(10,11)12;8-14(12,13)6-3-1-5(2-4-6)7(9,10)11;;/h7-10H,1-6,11-12H2,(H,19,20,21);9H,1-8H2,(H,10,11,12);1-4H;;/q;;;2*+1/p-2. The van der Waals surface area contributed by atoms with Gasteiger partial charge in [-0.2, -0.15) is 34.8 Å². The predicted molar refractivity (Wildman–Crippen MR) is 181 cm³/mol. The molecule has 55 heavy (non-hydrogen) atoms. The molecular formula is C30H41ClF6Na2O12S4. The SMILES string of the molecule is O=S(=O)(Cl)c1ccc(C(F)(F)F)cc1.O=S(=O)([O-])CCCCCCCCO.O=S(=O)([O-])CCCCCCCCOS(=O)(=O)c1ccc(C(F)(F)F)cc1.[Na+].[Na+]. The van der Waals surface area contributed by atoms with Crippen molar-refractivity contribution in [3.8, 4) is 0 Å². The maximum Gasteiger partial charge on any atom is 1.00 e. The van der Waals surface area contributed by atoms with Crippen LogP contribution in [-0.2, 0) is 55.9 Å². The van der Waals surface area contributed by atoms with Crippen molar-refractivity contribution in [3.63, 3.8) is 0 Å². The zero-order valence-corrected chi connectivity index (χ0v) is 38.2. The largest absolute Gasteiger partial charge is 1.00 e. The predicted octanol–water partition coefficient (Wildman–Crippen LogP) is 0.802. The zero-order chi connectivity index (χ0) is 41.0. The summed E-state index contributed by atoms with van der Waals surface area (Å²) in [6.45, 7) is 0.118. The Labute approximate surface area is 367 Å². The fourth-order valence-electron chi connectivity index (χ4n) is 4.04. The van der Waals surface area contributed by atoms with E-state index in [0.717, 1.165) is 62.8 Å². The molecule has 0 saturated heterocycles. The first-order valence-corrected chi connectivity index (χ1v) is 22.7. The second kappa shape index (κ2) is 28.4. The van der Waals surface area contributed by atoms with Gasteiger partial charge in [-0.3, -0.25) is 4.18 Å². The topological polar surface area (TPSA) is 212 Å². The third kappa shape index (κ3) is 31.5. The summed E-state index contributed by atoms with van der Waals surface area (Å²) in [7, 11) is -11.3. The number of alkyl halides is 6. The number of aliphatic hydroxyl groups is 1. The molecule has 0 amide bonds. The van der Waals surface area contributed by atoms with E-state index in [2.05, 4.69) is 0 Å². The molecule has 0 spiro atoms. The van der Waals surface area contributed by atoms with Gasteiger partial charge in [0, 0.05) is 28.8 Å². The third-order valence-corrected chi connectivity index (χ3v) is 11.0. The van der Waals surface area contributed by atoms with Gasteiger partial charge in [0.25, 0.3) is 19.2 Å². The van der Waals surface area contributed by atoms with Crippen LogP contribution in [0.5, 0.6) is 0 Å². The fourth-order valence-corrected chi connectivity index (χ4v) is 6.87. The third-order valence-electron chi connectivity index (χ3n) is 6.76. The van der Waals surface area contributed by atoms with Gasteiger partial charge in [0.05, 0.1) is 47.8 Å². The molecule has 0 aliphatic carbocycles. The van der Waals surface area contributed by atoms with Crippen molar-refractivity contribution in [1.29, 1.82) is 0 Å². The first-order chi connectivity index (χ1) is 24.2.